The van der Waals surface area contributed by atoms with Gasteiger partial charge in [-0.2, -0.15) is 0 Å². The molecule has 2 saturated heterocycles. The van der Waals surface area contributed by atoms with E-state index in [0.717, 1.165) is 19.4 Å². The summed E-state index contributed by atoms with van der Waals surface area (Å²) in [5.41, 5.74) is 0.556. The number of benzene rings is 1. The molecule has 2 aliphatic heterocycles. The molecule has 23 heavy (non-hydrogen) atoms. The van der Waals surface area contributed by atoms with Crippen molar-refractivity contribution in [3.63, 3.8) is 0 Å². The third kappa shape index (κ3) is 3.82. The summed E-state index contributed by atoms with van der Waals surface area (Å²) in [5, 5.41) is 9.00. The number of likely N-dealkylation sites (tertiary alicyclic amines) is 1. The number of carboxylic acid groups (broad SMARTS) is 1. The van der Waals surface area contributed by atoms with Gasteiger partial charge >= 0.3 is 5.97 Å². The molecule has 1 aromatic rings. The van der Waals surface area contributed by atoms with E-state index in [1.54, 1.807) is 29.2 Å². The van der Waals surface area contributed by atoms with Gasteiger partial charge in [-0.3, -0.25) is 9.59 Å². The molecule has 124 valence electrons. The number of carboxylic acids is 1. The highest BCUT2D eigenvalue weighted by molar-refractivity contribution is 5.94. The molecule has 2 heterocycles. The Bertz CT molecular complexity index is 565. The summed E-state index contributed by atoms with van der Waals surface area (Å²) < 4.78 is 11.2. The summed E-state index contributed by atoms with van der Waals surface area (Å²) in [5.74, 6) is -0.701. The number of nitrogens with zero attached hydrogens (tertiary/aromatic N) is 1. The molecule has 6 nitrogen and oxygen atoms in total. The highest BCUT2D eigenvalue weighted by Crippen LogP contribution is 2.21. The number of amides is 1. The number of hydrogen-bond acceptors (Lipinski definition) is 4. The van der Waals surface area contributed by atoms with Gasteiger partial charge in [-0.25, -0.2) is 0 Å². The monoisotopic (exact) mass is 319 g/mol. The molecule has 2 fully saturated rings. The molecule has 1 N–H and O–H groups in total. The van der Waals surface area contributed by atoms with Crippen LogP contribution in [0.4, 0.5) is 0 Å². The van der Waals surface area contributed by atoms with E-state index in [0.29, 0.717) is 30.9 Å². The van der Waals surface area contributed by atoms with Crippen LogP contribution >= 0.6 is 0 Å². The molecular formula is C17H21NO5. The Kier molecular flexibility index (Phi) is 4.81. The molecule has 0 bridgehead atoms. The Morgan fingerprint density at radius 3 is 2.65 bits per heavy atom. The minimum Gasteiger partial charge on any atom is -0.491 e. The topological polar surface area (TPSA) is 76.1 Å². The standard InChI is InChI=1S/C17H21NO5/c19-16(18-8-7-13(10-18)17(20)21)12-3-5-14(6-4-12)23-11-15-2-1-9-22-15/h3-6,13,15H,1-2,7-11H2,(H,20,21). The molecule has 3 rings (SSSR count). The van der Waals surface area contributed by atoms with E-state index in [2.05, 4.69) is 0 Å². The molecule has 2 atom stereocenters. The largest absolute Gasteiger partial charge is 0.491 e. The lowest BCUT2D eigenvalue weighted by Gasteiger charge is -2.16. The highest BCUT2D eigenvalue weighted by Gasteiger charge is 2.31. The molecule has 2 aliphatic rings. The van der Waals surface area contributed by atoms with Crippen LogP contribution in [0.1, 0.15) is 29.6 Å². The molecule has 0 saturated carbocycles. The van der Waals surface area contributed by atoms with Crippen molar-refractivity contribution in [2.45, 2.75) is 25.4 Å². The molecule has 2 unspecified atom stereocenters. The molecule has 6 heteroatoms. The predicted octanol–water partition coefficient (Wildman–Crippen LogP) is 1.79. The Hall–Kier alpha value is -2.08. The second kappa shape index (κ2) is 7.00. The van der Waals surface area contributed by atoms with Gasteiger partial charge < -0.3 is 19.5 Å². The summed E-state index contributed by atoms with van der Waals surface area (Å²) in [7, 11) is 0. The van der Waals surface area contributed by atoms with Crippen LogP contribution in [-0.4, -0.2) is 54.3 Å². The van der Waals surface area contributed by atoms with Gasteiger partial charge in [0.1, 0.15) is 12.4 Å². The van der Waals surface area contributed by atoms with Gasteiger partial charge in [0.05, 0.1) is 12.0 Å². The summed E-state index contributed by atoms with van der Waals surface area (Å²) in [6.07, 6.45) is 2.78. The van der Waals surface area contributed by atoms with E-state index in [1.807, 2.05) is 0 Å². The molecule has 0 aromatic heterocycles. The summed E-state index contributed by atoms with van der Waals surface area (Å²) in [6, 6.07) is 6.99. The van der Waals surface area contributed by atoms with Gasteiger partial charge in [-0.1, -0.05) is 0 Å². The zero-order chi connectivity index (χ0) is 16.2. The fraction of sp³-hybridized carbons (Fsp3) is 0.529. The van der Waals surface area contributed by atoms with Crippen molar-refractivity contribution in [3.05, 3.63) is 29.8 Å². The van der Waals surface area contributed by atoms with Crippen LogP contribution in [0.5, 0.6) is 5.75 Å². The zero-order valence-electron chi connectivity index (χ0n) is 12.9. The fourth-order valence-electron chi connectivity index (χ4n) is 2.99. The number of carbonyl (C=O) groups is 2. The molecule has 0 radical (unpaired) electrons. The average molecular weight is 319 g/mol. The Morgan fingerprint density at radius 1 is 1.26 bits per heavy atom. The third-order valence-electron chi connectivity index (χ3n) is 4.39. The van der Waals surface area contributed by atoms with Crippen LogP contribution in [0.3, 0.4) is 0 Å². The molecule has 0 aliphatic carbocycles. The quantitative estimate of drug-likeness (QED) is 0.895. The van der Waals surface area contributed by atoms with Crippen molar-refractivity contribution in [3.8, 4) is 5.75 Å². The number of rotatable bonds is 5. The Balaban J connectivity index is 1.54. The van der Waals surface area contributed by atoms with Crippen molar-refractivity contribution in [1.82, 2.24) is 4.90 Å². The average Bonchev–Trinajstić information content (AvgIpc) is 3.24. The van der Waals surface area contributed by atoms with Crippen molar-refractivity contribution in [1.29, 1.82) is 0 Å². The van der Waals surface area contributed by atoms with Crippen LogP contribution in [0.25, 0.3) is 0 Å². The summed E-state index contributed by atoms with van der Waals surface area (Å²) >= 11 is 0. The van der Waals surface area contributed by atoms with E-state index >= 15 is 0 Å². The number of aliphatic carboxylic acids is 1. The number of carbonyl (C=O) groups excluding carboxylic acids is 1. The van der Waals surface area contributed by atoms with Crippen molar-refractivity contribution >= 4 is 11.9 Å². The molecule has 1 amide bonds. The van der Waals surface area contributed by atoms with Gasteiger partial charge in [0.15, 0.2) is 0 Å². The maximum absolute atomic E-state index is 12.4. The maximum atomic E-state index is 12.4. The van der Waals surface area contributed by atoms with Crippen molar-refractivity contribution < 1.29 is 24.2 Å². The van der Waals surface area contributed by atoms with E-state index in [-0.39, 0.29) is 18.6 Å². The second-order valence-electron chi connectivity index (χ2n) is 6.05. The Morgan fingerprint density at radius 2 is 2.04 bits per heavy atom. The van der Waals surface area contributed by atoms with Crippen LogP contribution in [0, 0.1) is 5.92 Å². The van der Waals surface area contributed by atoms with Crippen LogP contribution in [-0.2, 0) is 9.53 Å². The van der Waals surface area contributed by atoms with Crippen molar-refractivity contribution in [2.24, 2.45) is 5.92 Å². The lowest BCUT2D eigenvalue weighted by Crippen LogP contribution is -2.29. The third-order valence-corrected chi connectivity index (χ3v) is 4.39. The van der Waals surface area contributed by atoms with E-state index < -0.39 is 11.9 Å². The Labute approximate surface area is 135 Å². The highest BCUT2D eigenvalue weighted by atomic mass is 16.5. The minimum absolute atomic E-state index is 0.126. The molecule has 1 aromatic carbocycles. The smallest absolute Gasteiger partial charge is 0.308 e. The normalized spacial score (nSPS) is 23.9. The van der Waals surface area contributed by atoms with Crippen molar-refractivity contribution in [2.75, 3.05) is 26.3 Å². The summed E-state index contributed by atoms with van der Waals surface area (Å²) in [6.45, 7) is 2.10. The summed E-state index contributed by atoms with van der Waals surface area (Å²) in [4.78, 5) is 24.9. The first-order valence-electron chi connectivity index (χ1n) is 8.00. The first-order chi connectivity index (χ1) is 11.1. The van der Waals surface area contributed by atoms with E-state index in [1.165, 1.54) is 0 Å². The number of hydrogen-bond donors (Lipinski definition) is 1. The maximum Gasteiger partial charge on any atom is 0.308 e. The van der Waals surface area contributed by atoms with Crippen LogP contribution < -0.4 is 4.74 Å². The van der Waals surface area contributed by atoms with Crippen LogP contribution in [0.2, 0.25) is 0 Å². The lowest BCUT2D eigenvalue weighted by molar-refractivity contribution is -0.141. The first-order valence-corrected chi connectivity index (χ1v) is 8.00. The lowest BCUT2D eigenvalue weighted by atomic mass is 10.1. The van der Waals surface area contributed by atoms with Gasteiger partial charge in [-0.15, -0.1) is 0 Å². The van der Waals surface area contributed by atoms with E-state index in [4.69, 9.17) is 14.6 Å². The van der Waals surface area contributed by atoms with Gasteiger partial charge in [0, 0.05) is 25.3 Å². The predicted molar refractivity (Wildman–Crippen MR) is 82.6 cm³/mol. The first kappa shape index (κ1) is 15.8. The number of ether oxygens (including phenoxy) is 2. The van der Waals surface area contributed by atoms with Crippen LogP contribution in [0.15, 0.2) is 24.3 Å². The fourth-order valence-corrected chi connectivity index (χ4v) is 2.99. The minimum atomic E-state index is -0.835. The zero-order valence-corrected chi connectivity index (χ0v) is 12.9. The molecule has 0 spiro atoms. The van der Waals surface area contributed by atoms with Gasteiger partial charge in [0.2, 0.25) is 0 Å². The SMILES string of the molecule is O=C(O)C1CCN(C(=O)c2ccc(OCC3CCCO3)cc2)C1. The van der Waals surface area contributed by atoms with E-state index in [9.17, 15) is 9.59 Å². The van der Waals surface area contributed by atoms with Gasteiger partial charge in [0.25, 0.3) is 5.91 Å². The van der Waals surface area contributed by atoms with Gasteiger partial charge in [-0.05, 0) is 43.5 Å². The molecular weight excluding hydrogens is 298 g/mol. The second-order valence-corrected chi connectivity index (χ2v) is 6.05.